The van der Waals surface area contributed by atoms with Gasteiger partial charge in [-0.15, -0.1) is 0 Å². The molecule has 4 heteroatoms. The first-order valence-corrected chi connectivity index (χ1v) is 6.81. The highest BCUT2D eigenvalue weighted by Gasteiger charge is 2.19. The number of nitrogens with one attached hydrogen (secondary N) is 1. The molecule has 1 atom stereocenters. The Morgan fingerprint density at radius 2 is 2.16 bits per heavy atom. The number of hydrogen-bond donors (Lipinski definition) is 2. The van der Waals surface area contributed by atoms with E-state index in [0.717, 1.165) is 6.42 Å². The molecule has 0 bridgehead atoms. The highest BCUT2D eigenvalue weighted by Crippen LogP contribution is 2.28. The molecule has 1 aromatic rings. The summed E-state index contributed by atoms with van der Waals surface area (Å²) >= 11 is 0. The van der Waals surface area contributed by atoms with Gasteiger partial charge in [0.05, 0.1) is 11.8 Å². The number of aliphatic hydroxyl groups is 1. The number of rotatable bonds is 5. The third-order valence-corrected chi connectivity index (χ3v) is 3.73. The van der Waals surface area contributed by atoms with Crippen molar-refractivity contribution < 1.29 is 9.50 Å². The van der Waals surface area contributed by atoms with E-state index in [4.69, 9.17) is 5.26 Å². The Labute approximate surface area is 113 Å². The normalized spacial score (nSPS) is 17.1. The van der Waals surface area contributed by atoms with E-state index in [1.165, 1.54) is 31.7 Å². The zero-order valence-corrected chi connectivity index (χ0v) is 10.9. The molecule has 1 aliphatic carbocycles. The molecule has 1 aliphatic rings. The van der Waals surface area contributed by atoms with Gasteiger partial charge < -0.3 is 10.4 Å². The number of nitriles is 1. The fourth-order valence-electron chi connectivity index (χ4n) is 2.73. The molecule has 1 saturated carbocycles. The summed E-state index contributed by atoms with van der Waals surface area (Å²) < 4.78 is 13.4. The minimum absolute atomic E-state index is 0.00978. The molecule has 0 heterocycles. The first kappa shape index (κ1) is 13.8. The van der Waals surface area contributed by atoms with E-state index in [1.807, 2.05) is 6.07 Å². The number of aliphatic hydroxyl groups excluding tert-OH is 1. The fraction of sp³-hybridized carbons (Fsp3) is 0.533. The minimum atomic E-state index is -0.530. The zero-order chi connectivity index (χ0) is 13.7. The van der Waals surface area contributed by atoms with Crippen molar-refractivity contribution in [2.75, 3.05) is 11.9 Å². The van der Waals surface area contributed by atoms with Crippen molar-refractivity contribution in [2.45, 2.75) is 38.2 Å². The lowest BCUT2D eigenvalue weighted by atomic mass is 10.00. The number of benzene rings is 1. The molecule has 2 N–H and O–H groups in total. The lowest BCUT2D eigenvalue weighted by Gasteiger charge is -2.17. The lowest BCUT2D eigenvalue weighted by molar-refractivity contribution is 0.155. The van der Waals surface area contributed by atoms with Crippen LogP contribution in [0.4, 0.5) is 10.1 Å². The molecule has 102 valence electrons. The van der Waals surface area contributed by atoms with Crippen molar-refractivity contribution in [3.05, 3.63) is 29.6 Å². The maximum atomic E-state index is 13.4. The first-order chi connectivity index (χ1) is 9.20. The quantitative estimate of drug-likeness (QED) is 0.857. The van der Waals surface area contributed by atoms with E-state index in [-0.39, 0.29) is 5.56 Å². The number of hydrogen-bond acceptors (Lipinski definition) is 3. The van der Waals surface area contributed by atoms with E-state index >= 15 is 0 Å². The summed E-state index contributed by atoms with van der Waals surface area (Å²) in [6.45, 7) is 0.356. The summed E-state index contributed by atoms with van der Waals surface area (Å²) in [5.41, 5.74) is 0.462. The van der Waals surface area contributed by atoms with Gasteiger partial charge in [-0.05, 0) is 24.5 Å². The fourth-order valence-corrected chi connectivity index (χ4v) is 2.73. The molecule has 0 saturated heterocycles. The Morgan fingerprint density at radius 1 is 1.42 bits per heavy atom. The topological polar surface area (TPSA) is 56.0 Å². The second-order valence-electron chi connectivity index (χ2n) is 5.20. The van der Waals surface area contributed by atoms with Crippen molar-refractivity contribution in [3.8, 4) is 6.07 Å². The summed E-state index contributed by atoms with van der Waals surface area (Å²) in [6, 6.07) is 6.32. The van der Waals surface area contributed by atoms with E-state index in [9.17, 15) is 9.50 Å². The van der Waals surface area contributed by atoms with E-state index < -0.39 is 11.9 Å². The van der Waals surface area contributed by atoms with Crippen molar-refractivity contribution in [1.29, 1.82) is 5.26 Å². The van der Waals surface area contributed by atoms with Crippen LogP contribution in [0.1, 0.15) is 37.7 Å². The zero-order valence-electron chi connectivity index (χ0n) is 10.9. The van der Waals surface area contributed by atoms with Gasteiger partial charge in [0, 0.05) is 6.54 Å². The van der Waals surface area contributed by atoms with Crippen LogP contribution < -0.4 is 5.32 Å². The highest BCUT2D eigenvalue weighted by atomic mass is 19.1. The summed E-state index contributed by atoms with van der Waals surface area (Å²) in [5.74, 6) is 0.0810. The molecule has 1 fully saturated rings. The van der Waals surface area contributed by atoms with Gasteiger partial charge in [0.15, 0.2) is 0 Å². The maximum absolute atomic E-state index is 13.4. The van der Waals surface area contributed by atoms with Gasteiger partial charge in [0.2, 0.25) is 0 Å². The summed E-state index contributed by atoms with van der Waals surface area (Å²) in [4.78, 5) is 0. The van der Waals surface area contributed by atoms with Crippen LogP contribution >= 0.6 is 0 Å². The van der Waals surface area contributed by atoms with Gasteiger partial charge in [0.1, 0.15) is 17.4 Å². The molecule has 2 rings (SSSR count). The molecule has 0 aromatic heterocycles. The lowest BCUT2D eigenvalue weighted by Crippen LogP contribution is -2.22. The predicted molar refractivity (Wildman–Crippen MR) is 72.2 cm³/mol. The van der Waals surface area contributed by atoms with Gasteiger partial charge in [-0.2, -0.15) is 5.26 Å². The van der Waals surface area contributed by atoms with Gasteiger partial charge in [-0.25, -0.2) is 4.39 Å². The van der Waals surface area contributed by atoms with E-state index in [1.54, 1.807) is 12.1 Å². The Hall–Kier alpha value is -1.60. The molecule has 19 heavy (non-hydrogen) atoms. The largest absolute Gasteiger partial charge is 0.391 e. The van der Waals surface area contributed by atoms with Crippen LogP contribution in [0, 0.1) is 23.1 Å². The van der Waals surface area contributed by atoms with Crippen LogP contribution in [0.2, 0.25) is 0 Å². The second kappa shape index (κ2) is 6.53. The number of halogens is 1. The van der Waals surface area contributed by atoms with Crippen molar-refractivity contribution in [2.24, 2.45) is 5.92 Å². The van der Waals surface area contributed by atoms with E-state index in [0.29, 0.717) is 18.2 Å². The summed E-state index contributed by atoms with van der Waals surface area (Å²) in [6.07, 6.45) is 5.24. The van der Waals surface area contributed by atoms with Crippen LogP contribution in [0.15, 0.2) is 18.2 Å². The Balaban J connectivity index is 1.88. The molecular formula is C15H19FN2O. The molecule has 0 amide bonds. The van der Waals surface area contributed by atoms with Crippen molar-refractivity contribution >= 4 is 5.69 Å². The third-order valence-electron chi connectivity index (χ3n) is 3.73. The van der Waals surface area contributed by atoms with Crippen molar-refractivity contribution in [3.63, 3.8) is 0 Å². The molecular weight excluding hydrogens is 243 g/mol. The van der Waals surface area contributed by atoms with Gasteiger partial charge in [-0.1, -0.05) is 31.7 Å². The standard InChI is InChI=1S/C15H19FN2O/c16-14-6-3-7-15(13(14)9-17)18-10-12(19)8-11-4-1-2-5-11/h3,6-7,11-12,18-19H,1-2,4-5,8,10H2. The molecule has 1 aromatic carbocycles. The monoisotopic (exact) mass is 262 g/mol. The van der Waals surface area contributed by atoms with Crippen LogP contribution in [-0.4, -0.2) is 17.8 Å². The summed E-state index contributed by atoms with van der Waals surface area (Å²) in [7, 11) is 0. The summed E-state index contributed by atoms with van der Waals surface area (Å²) in [5, 5.41) is 21.8. The second-order valence-corrected chi connectivity index (χ2v) is 5.20. The first-order valence-electron chi connectivity index (χ1n) is 6.81. The smallest absolute Gasteiger partial charge is 0.143 e. The van der Waals surface area contributed by atoms with Gasteiger partial charge in [-0.3, -0.25) is 0 Å². The number of nitrogens with zero attached hydrogens (tertiary/aromatic N) is 1. The van der Waals surface area contributed by atoms with Crippen LogP contribution in [0.3, 0.4) is 0 Å². The minimum Gasteiger partial charge on any atom is -0.391 e. The molecule has 0 spiro atoms. The average Bonchev–Trinajstić information content (AvgIpc) is 2.89. The van der Waals surface area contributed by atoms with Crippen molar-refractivity contribution in [1.82, 2.24) is 0 Å². The molecule has 0 aliphatic heterocycles. The van der Waals surface area contributed by atoms with Crippen LogP contribution in [0.5, 0.6) is 0 Å². The molecule has 3 nitrogen and oxygen atoms in total. The Bertz CT molecular complexity index is 464. The third kappa shape index (κ3) is 3.68. The van der Waals surface area contributed by atoms with Crippen LogP contribution in [0.25, 0.3) is 0 Å². The molecule has 1 unspecified atom stereocenters. The maximum Gasteiger partial charge on any atom is 0.143 e. The predicted octanol–water partition coefficient (Wildman–Crippen LogP) is 3.05. The van der Waals surface area contributed by atoms with Crippen LogP contribution in [-0.2, 0) is 0 Å². The Kier molecular flexibility index (Phi) is 4.75. The van der Waals surface area contributed by atoms with Gasteiger partial charge in [0.25, 0.3) is 0 Å². The SMILES string of the molecule is N#Cc1c(F)cccc1NCC(O)CC1CCCC1. The molecule has 0 radical (unpaired) electrons. The van der Waals surface area contributed by atoms with E-state index in [2.05, 4.69) is 5.32 Å². The Morgan fingerprint density at radius 3 is 2.84 bits per heavy atom. The average molecular weight is 262 g/mol. The van der Waals surface area contributed by atoms with Gasteiger partial charge >= 0.3 is 0 Å². The highest BCUT2D eigenvalue weighted by molar-refractivity contribution is 5.57. The number of anilines is 1.